The number of nitrogens with zero attached hydrogens (tertiary/aromatic N) is 2. The Morgan fingerprint density at radius 1 is 1.05 bits per heavy atom. The monoisotopic (exact) mass is 786 g/mol. The van der Waals surface area contributed by atoms with Crippen LogP contribution in [0.4, 0.5) is 0 Å². The summed E-state index contributed by atoms with van der Waals surface area (Å²) in [6, 6.07) is 3.57. The van der Waals surface area contributed by atoms with Crippen molar-refractivity contribution in [3.8, 4) is 17.2 Å². The number of carbonyl (C=O) groups excluding carboxylic acids is 5. The molecule has 0 saturated carbocycles. The fraction of sp³-hybridized carbons (Fsp3) is 0.459. The second kappa shape index (κ2) is 16.5. The van der Waals surface area contributed by atoms with Crippen LogP contribution in [0.15, 0.2) is 35.5 Å². The summed E-state index contributed by atoms with van der Waals surface area (Å²) < 4.78 is 17.4. The van der Waals surface area contributed by atoms with Gasteiger partial charge in [-0.05, 0) is 25.8 Å². The van der Waals surface area contributed by atoms with Gasteiger partial charge < -0.3 is 45.5 Å². The summed E-state index contributed by atoms with van der Waals surface area (Å²) >= 11 is 0. The lowest BCUT2D eigenvalue weighted by Crippen LogP contribution is -2.53. The molecule has 0 radical (unpaired) electrons. The summed E-state index contributed by atoms with van der Waals surface area (Å²) in [6.45, 7) is 0.910. The van der Waals surface area contributed by atoms with Crippen LogP contribution in [-0.2, 0) is 30.3 Å². The molecule has 2 aromatic carbocycles. The van der Waals surface area contributed by atoms with E-state index in [0.717, 1.165) is 4.90 Å². The zero-order chi connectivity index (χ0) is 39.1. The first-order valence-electron chi connectivity index (χ1n) is 17.5. The van der Waals surface area contributed by atoms with Crippen LogP contribution in [0.3, 0.4) is 0 Å². The van der Waals surface area contributed by atoms with Gasteiger partial charge in [-0.15, -0.1) is 12.4 Å². The van der Waals surface area contributed by atoms with Crippen LogP contribution >= 0.6 is 12.4 Å². The summed E-state index contributed by atoms with van der Waals surface area (Å²) in [7, 11) is 1.32. The van der Waals surface area contributed by atoms with Gasteiger partial charge in [0.2, 0.25) is 11.7 Å². The average Bonchev–Trinajstić information content (AvgIpc) is 3.46. The van der Waals surface area contributed by atoms with Crippen molar-refractivity contribution in [1.29, 1.82) is 0 Å². The van der Waals surface area contributed by atoms with Crippen LogP contribution in [0.25, 0.3) is 0 Å². The van der Waals surface area contributed by atoms with Gasteiger partial charge in [-0.3, -0.25) is 28.9 Å². The standard InChI is InChI=1S/C37H42N4O13.ClH/c1-17-32(46)20(38)13-27(53-17)54-22-15-37(51,23(16-42)39-40-24(43)9-4-3-5-12-41-25(44)10-11-26(41)45)14-19-29(22)36(50)31-30(34(19)48)33(47)18-7-6-8-21(52-2)28(18)35(31)49;/h6-8,10-11,17,20,22,27,32,42,46,48,50-51H,3-5,9,12-16,38H2,1-2H3,(H,40,43);1H/t17?,20?,22-,27?,32?,37-;/m0./s1. The molecule has 4 unspecified atom stereocenters. The first-order chi connectivity index (χ1) is 25.7. The number of phenolic OH excluding ortho intramolecular Hbond substituents is 2. The lowest BCUT2D eigenvalue weighted by molar-refractivity contribution is -0.245. The first-order valence-corrected chi connectivity index (χ1v) is 17.5. The zero-order valence-corrected chi connectivity index (χ0v) is 30.8. The number of aromatic hydroxyl groups is 2. The molecule has 6 rings (SSSR count). The topological polar surface area (TPSA) is 268 Å². The molecule has 2 heterocycles. The van der Waals surface area contributed by atoms with Gasteiger partial charge in [0.1, 0.15) is 22.8 Å². The molecule has 55 heavy (non-hydrogen) atoms. The van der Waals surface area contributed by atoms with E-state index in [1.807, 2.05) is 0 Å². The van der Waals surface area contributed by atoms with Crippen LogP contribution in [0.1, 0.15) is 94.5 Å². The predicted molar refractivity (Wildman–Crippen MR) is 194 cm³/mol. The fourth-order valence-electron chi connectivity index (χ4n) is 7.47. The van der Waals surface area contributed by atoms with Gasteiger partial charge in [-0.2, -0.15) is 5.10 Å². The highest BCUT2D eigenvalue weighted by atomic mass is 35.5. The van der Waals surface area contributed by atoms with Crippen LogP contribution in [-0.4, -0.2) is 116 Å². The third-order valence-electron chi connectivity index (χ3n) is 10.3. The summed E-state index contributed by atoms with van der Waals surface area (Å²) in [5.41, 5.74) is 4.46. The number of amides is 3. The lowest BCUT2D eigenvalue weighted by Gasteiger charge is -2.43. The van der Waals surface area contributed by atoms with E-state index in [2.05, 4.69) is 10.5 Å². The highest BCUT2D eigenvalue weighted by molar-refractivity contribution is 6.31. The average molecular weight is 787 g/mol. The predicted octanol–water partition coefficient (Wildman–Crippen LogP) is 0.812. The van der Waals surface area contributed by atoms with Crippen molar-refractivity contribution in [2.24, 2.45) is 10.8 Å². The number of benzene rings is 2. The van der Waals surface area contributed by atoms with Gasteiger partial charge >= 0.3 is 0 Å². The van der Waals surface area contributed by atoms with Crippen molar-refractivity contribution in [1.82, 2.24) is 10.3 Å². The SMILES string of the molecule is COc1cccc2c1C(=O)c1c(O)c3c(c(O)c1C2=O)C[C@@](O)(C(CO)=NNC(=O)CCCCCN1C(=O)C=CC1=O)C[C@@H]3OC1CC(N)C(O)C(C)O1.Cl. The number of rotatable bonds is 12. The highest BCUT2D eigenvalue weighted by Gasteiger charge is 2.49. The molecule has 0 aromatic heterocycles. The second-order valence-electron chi connectivity index (χ2n) is 13.8. The molecular formula is C37H43ClN4O13. The van der Waals surface area contributed by atoms with Crippen molar-refractivity contribution >= 4 is 47.4 Å². The number of aliphatic hydroxyl groups is 3. The van der Waals surface area contributed by atoms with E-state index in [1.165, 1.54) is 37.5 Å². The number of nitrogens with one attached hydrogen (secondary N) is 1. The largest absolute Gasteiger partial charge is 0.507 e. The summed E-state index contributed by atoms with van der Waals surface area (Å²) in [5.74, 6) is -4.25. The van der Waals surface area contributed by atoms with Crippen LogP contribution in [0, 0.1) is 0 Å². The van der Waals surface area contributed by atoms with E-state index >= 15 is 0 Å². The number of unbranched alkanes of at least 4 members (excludes halogenated alkanes) is 2. The van der Waals surface area contributed by atoms with Crippen molar-refractivity contribution < 1.29 is 63.7 Å². The van der Waals surface area contributed by atoms with Crippen molar-refractivity contribution in [3.63, 3.8) is 0 Å². The van der Waals surface area contributed by atoms with E-state index in [4.69, 9.17) is 19.9 Å². The molecule has 296 valence electrons. The number of nitrogens with two attached hydrogens (primary N) is 1. The van der Waals surface area contributed by atoms with Gasteiger partial charge in [0.15, 0.2) is 12.1 Å². The van der Waals surface area contributed by atoms with E-state index in [9.17, 15) is 49.5 Å². The third kappa shape index (κ3) is 7.73. The van der Waals surface area contributed by atoms with Crippen molar-refractivity contribution in [2.75, 3.05) is 20.3 Å². The Morgan fingerprint density at radius 3 is 2.40 bits per heavy atom. The maximum atomic E-state index is 14.0. The Balaban J connectivity index is 0.00000580. The second-order valence-corrected chi connectivity index (χ2v) is 13.8. The van der Waals surface area contributed by atoms with Gasteiger partial charge in [0.25, 0.3) is 11.8 Å². The molecule has 8 N–H and O–H groups in total. The van der Waals surface area contributed by atoms with E-state index in [1.54, 1.807) is 6.92 Å². The molecule has 1 saturated heterocycles. The number of ether oxygens (including phenoxy) is 3. The number of hydrazone groups is 1. The summed E-state index contributed by atoms with van der Waals surface area (Å²) in [5, 5.41) is 60.5. The molecule has 18 heteroatoms. The summed E-state index contributed by atoms with van der Waals surface area (Å²) in [6.07, 6.45) is -1.56. The van der Waals surface area contributed by atoms with Gasteiger partial charge in [-0.1, -0.05) is 18.6 Å². The van der Waals surface area contributed by atoms with E-state index < -0.39 is 108 Å². The zero-order valence-electron chi connectivity index (χ0n) is 30.0. The number of carbonyl (C=O) groups is 5. The molecule has 0 spiro atoms. The van der Waals surface area contributed by atoms with Crippen molar-refractivity contribution in [3.05, 3.63) is 63.7 Å². The molecule has 2 aliphatic heterocycles. The van der Waals surface area contributed by atoms with Gasteiger partial charge in [-0.25, -0.2) is 5.43 Å². The molecule has 17 nitrogen and oxygen atoms in total. The minimum absolute atomic E-state index is 0. The smallest absolute Gasteiger partial charge is 0.253 e. The number of methoxy groups -OCH3 is 1. The molecule has 0 bridgehead atoms. The molecule has 3 amide bonds. The number of imide groups is 1. The Hall–Kier alpha value is -4.75. The number of halogens is 1. The fourth-order valence-corrected chi connectivity index (χ4v) is 7.47. The van der Waals surface area contributed by atoms with Crippen LogP contribution < -0.4 is 15.9 Å². The number of hydrogen-bond donors (Lipinski definition) is 7. The summed E-state index contributed by atoms with van der Waals surface area (Å²) in [4.78, 5) is 65.1. The van der Waals surface area contributed by atoms with Crippen LogP contribution in [0.5, 0.6) is 17.2 Å². The maximum Gasteiger partial charge on any atom is 0.253 e. The Morgan fingerprint density at radius 2 is 1.75 bits per heavy atom. The maximum absolute atomic E-state index is 14.0. The van der Waals surface area contributed by atoms with Crippen LogP contribution in [0.2, 0.25) is 0 Å². The normalized spacial score (nSPS) is 26.0. The molecule has 4 aliphatic rings. The molecule has 2 aromatic rings. The number of aliphatic hydroxyl groups excluding tert-OH is 2. The Kier molecular flexibility index (Phi) is 12.5. The highest BCUT2D eigenvalue weighted by Crippen LogP contribution is 2.52. The minimum atomic E-state index is -2.16. The third-order valence-corrected chi connectivity index (χ3v) is 10.3. The van der Waals surface area contributed by atoms with Crippen molar-refractivity contribution in [2.45, 2.75) is 88.1 Å². The molecule has 2 aliphatic carbocycles. The van der Waals surface area contributed by atoms with Gasteiger partial charge in [0, 0.05) is 67.1 Å². The van der Waals surface area contributed by atoms with E-state index in [0.29, 0.717) is 19.3 Å². The minimum Gasteiger partial charge on any atom is -0.507 e. The lowest BCUT2D eigenvalue weighted by atomic mass is 9.71. The number of phenols is 2. The quantitative estimate of drug-likeness (QED) is 0.0441. The number of hydrogen-bond acceptors (Lipinski definition) is 15. The van der Waals surface area contributed by atoms with E-state index in [-0.39, 0.29) is 65.5 Å². The molecule has 6 atom stereocenters. The number of ketones is 2. The number of fused-ring (bicyclic) bond motifs is 3. The van der Waals surface area contributed by atoms with Gasteiger partial charge in [0.05, 0.1) is 54.4 Å². The first kappa shape index (κ1) is 41.4. The molecule has 1 fully saturated rings. The Bertz CT molecular complexity index is 1940. The molecular weight excluding hydrogens is 744 g/mol. The Labute approximate surface area is 321 Å².